The quantitative estimate of drug-likeness (QED) is 0.514. The van der Waals surface area contributed by atoms with Crippen molar-refractivity contribution in [2.75, 3.05) is 26.2 Å². The third-order valence-corrected chi connectivity index (χ3v) is 7.52. The number of hydrogen-bond acceptors (Lipinski definition) is 6. The highest BCUT2D eigenvalue weighted by atomic mass is 32.2. The number of carbonyl (C=O) groups is 1. The summed E-state index contributed by atoms with van der Waals surface area (Å²) in [5.41, 5.74) is 1.17. The molecule has 0 unspecified atom stereocenters. The van der Waals surface area contributed by atoms with Gasteiger partial charge < -0.3 is 14.2 Å². The normalized spacial score (nSPS) is 15.2. The molecule has 1 amide bonds. The van der Waals surface area contributed by atoms with Crippen molar-refractivity contribution in [3.8, 4) is 11.5 Å². The van der Waals surface area contributed by atoms with Crippen molar-refractivity contribution in [2.24, 2.45) is 0 Å². The molecular weight excluding hydrogens is 442 g/mol. The fourth-order valence-electron chi connectivity index (χ4n) is 3.70. The molecule has 1 saturated heterocycles. The van der Waals surface area contributed by atoms with Crippen LogP contribution in [0.1, 0.15) is 17.0 Å². The third-order valence-electron chi connectivity index (χ3n) is 5.37. The van der Waals surface area contributed by atoms with Gasteiger partial charge >= 0.3 is 0 Å². The fraction of sp³-hybridized carbons (Fsp3) is 0.250. The SMILES string of the molecule is Cc1noc(C)c1S(=O)(=O)N1CCN(C(=O)C=Cc2cccc(Oc3ccccc3)c2)CC1. The van der Waals surface area contributed by atoms with E-state index >= 15 is 0 Å². The van der Waals surface area contributed by atoms with Crippen LogP contribution in [0.5, 0.6) is 11.5 Å². The molecule has 0 N–H and O–H groups in total. The monoisotopic (exact) mass is 467 g/mol. The average molecular weight is 468 g/mol. The van der Waals surface area contributed by atoms with E-state index in [1.807, 2.05) is 54.6 Å². The van der Waals surface area contributed by atoms with Gasteiger partial charge in [-0.3, -0.25) is 4.79 Å². The molecule has 0 aliphatic carbocycles. The van der Waals surface area contributed by atoms with Crippen LogP contribution >= 0.6 is 0 Å². The van der Waals surface area contributed by atoms with E-state index in [4.69, 9.17) is 9.26 Å². The summed E-state index contributed by atoms with van der Waals surface area (Å²) in [5.74, 6) is 1.51. The number of para-hydroxylation sites is 1. The van der Waals surface area contributed by atoms with Gasteiger partial charge in [-0.05, 0) is 49.8 Å². The van der Waals surface area contributed by atoms with Gasteiger partial charge in [0.05, 0.1) is 0 Å². The van der Waals surface area contributed by atoms with Gasteiger partial charge in [-0.25, -0.2) is 8.42 Å². The summed E-state index contributed by atoms with van der Waals surface area (Å²) < 4.78 is 38.1. The van der Waals surface area contributed by atoms with E-state index in [0.29, 0.717) is 24.5 Å². The minimum atomic E-state index is -3.71. The molecule has 2 heterocycles. The minimum absolute atomic E-state index is 0.111. The zero-order chi connectivity index (χ0) is 23.4. The number of piperazine rings is 1. The molecule has 9 heteroatoms. The van der Waals surface area contributed by atoms with Gasteiger partial charge in [-0.15, -0.1) is 0 Å². The van der Waals surface area contributed by atoms with Gasteiger partial charge in [0.25, 0.3) is 0 Å². The molecule has 0 radical (unpaired) electrons. The highest BCUT2D eigenvalue weighted by Gasteiger charge is 2.33. The van der Waals surface area contributed by atoms with Gasteiger partial charge in [0.2, 0.25) is 15.9 Å². The maximum atomic E-state index is 12.9. The predicted molar refractivity (Wildman–Crippen MR) is 123 cm³/mol. The molecule has 8 nitrogen and oxygen atoms in total. The molecule has 4 rings (SSSR count). The molecule has 2 aromatic carbocycles. The fourth-order valence-corrected chi connectivity index (χ4v) is 5.41. The molecule has 0 spiro atoms. The van der Waals surface area contributed by atoms with Crippen LogP contribution in [0.3, 0.4) is 0 Å². The van der Waals surface area contributed by atoms with Gasteiger partial charge in [0.15, 0.2) is 5.76 Å². The van der Waals surface area contributed by atoms with Gasteiger partial charge in [0.1, 0.15) is 22.1 Å². The first-order valence-corrected chi connectivity index (χ1v) is 12.0. The molecule has 3 aromatic rings. The van der Waals surface area contributed by atoms with E-state index in [1.165, 1.54) is 10.4 Å². The van der Waals surface area contributed by atoms with Gasteiger partial charge in [-0.1, -0.05) is 35.5 Å². The van der Waals surface area contributed by atoms with E-state index in [0.717, 1.165) is 11.3 Å². The van der Waals surface area contributed by atoms with E-state index in [2.05, 4.69) is 5.16 Å². The molecule has 0 saturated carbocycles. The van der Waals surface area contributed by atoms with Gasteiger partial charge in [-0.2, -0.15) is 4.31 Å². The van der Waals surface area contributed by atoms with Crippen molar-refractivity contribution in [2.45, 2.75) is 18.7 Å². The summed E-state index contributed by atoms with van der Waals surface area (Å²) in [5, 5.41) is 3.74. The Morgan fingerprint density at radius 3 is 2.36 bits per heavy atom. The number of hydrogen-bond donors (Lipinski definition) is 0. The van der Waals surface area contributed by atoms with Crippen LogP contribution in [-0.4, -0.2) is 54.9 Å². The maximum Gasteiger partial charge on any atom is 0.248 e. The van der Waals surface area contributed by atoms with Crippen LogP contribution in [0.25, 0.3) is 6.08 Å². The number of amides is 1. The van der Waals surface area contributed by atoms with Crippen LogP contribution in [0, 0.1) is 13.8 Å². The predicted octanol–water partition coefficient (Wildman–Crippen LogP) is 3.63. The third kappa shape index (κ3) is 5.15. The lowest BCUT2D eigenvalue weighted by Crippen LogP contribution is -2.50. The molecule has 172 valence electrons. The number of ether oxygens (including phenoxy) is 1. The molecular formula is C24H25N3O5S. The first-order chi connectivity index (χ1) is 15.8. The summed E-state index contributed by atoms with van der Waals surface area (Å²) in [6, 6.07) is 16.9. The topological polar surface area (TPSA) is 93.0 Å². The maximum absolute atomic E-state index is 12.9. The number of sulfonamides is 1. The van der Waals surface area contributed by atoms with Crippen LogP contribution in [0.4, 0.5) is 0 Å². The molecule has 1 aromatic heterocycles. The lowest BCUT2D eigenvalue weighted by Gasteiger charge is -2.33. The zero-order valence-corrected chi connectivity index (χ0v) is 19.3. The van der Waals surface area contributed by atoms with Crippen LogP contribution in [-0.2, 0) is 14.8 Å². The van der Waals surface area contributed by atoms with E-state index in [-0.39, 0.29) is 29.7 Å². The molecule has 33 heavy (non-hydrogen) atoms. The Morgan fingerprint density at radius 2 is 1.70 bits per heavy atom. The smallest absolute Gasteiger partial charge is 0.248 e. The van der Waals surface area contributed by atoms with Crippen LogP contribution < -0.4 is 4.74 Å². The first kappa shape index (κ1) is 22.8. The highest BCUT2D eigenvalue weighted by Crippen LogP contribution is 2.25. The van der Waals surface area contributed by atoms with E-state index in [1.54, 1.807) is 24.8 Å². The Hall–Kier alpha value is -3.43. The Labute approximate surface area is 193 Å². The lowest BCUT2D eigenvalue weighted by atomic mass is 10.2. The average Bonchev–Trinajstić information content (AvgIpc) is 3.17. The van der Waals surface area contributed by atoms with Crippen LogP contribution in [0.2, 0.25) is 0 Å². The summed E-state index contributed by atoms with van der Waals surface area (Å²) >= 11 is 0. The second-order valence-electron chi connectivity index (χ2n) is 7.70. The molecule has 0 atom stereocenters. The molecule has 1 aliphatic rings. The number of nitrogens with zero attached hydrogens (tertiary/aromatic N) is 3. The molecule has 1 fully saturated rings. The van der Waals surface area contributed by atoms with Gasteiger partial charge in [0, 0.05) is 32.3 Å². The zero-order valence-electron chi connectivity index (χ0n) is 18.5. The molecule has 0 bridgehead atoms. The van der Waals surface area contributed by atoms with E-state index < -0.39 is 10.0 Å². The second kappa shape index (κ2) is 9.60. The van der Waals surface area contributed by atoms with Crippen LogP contribution in [0.15, 0.2) is 70.1 Å². The van der Waals surface area contributed by atoms with Crippen molar-refractivity contribution in [3.63, 3.8) is 0 Å². The second-order valence-corrected chi connectivity index (χ2v) is 9.58. The summed E-state index contributed by atoms with van der Waals surface area (Å²) in [4.78, 5) is 14.4. The number of aromatic nitrogens is 1. The Bertz CT molecular complexity index is 1240. The van der Waals surface area contributed by atoms with Crippen molar-refractivity contribution in [1.29, 1.82) is 0 Å². The lowest BCUT2D eigenvalue weighted by molar-refractivity contribution is -0.127. The van der Waals surface area contributed by atoms with E-state index in [9.17, 15) is 13.2 Å². The minimum Gasteiger partial charge on any atom is -0.457 e. The first-order valence-electron chi connectivity index (χ1n) is 10.6. The Morgan fingerprint density at radius 1 is 1.00 bits per heavy atom. The van der Waals surface area contributed by atoms with Crippen molar-refractivity contribution < 1.29 is 22.5 Å². The molecule has 1 aliphatic heterocycles. The number of carbonyl (C=O) groups excluding carboxylic acids is 1. The Balaban J connectivity index is 1.36. The van der Waals surface area contributed by atoms with Crippen molar-refractivity contribution in [1.82, 2.24) is 14.4 Å². The summed E-state index contributed by atoms with van der Waals surface area (Å²) in [6.07, 6.45) is 3.23. The highest BCUT2D eigenvalue weighted by molar-refractivity contribution is 7.89. The largest absolute Gasteiger partial charge is 0.457 e. The Kier molecular flexibility index (Phi) is 6.62. The summed E-state index contributed by atoms with van der Waals surface area (Å²) in [6.45, 7) is 4.23. The summed E-state index contributed by atoms with van der Waals surface area (Å²) in [7, 11) is -3.71. The standard InChI is InChI=1S/C24H25N3O5S/c1-18-24(19(2)32-25-18)33(29,30)27-15-13-26(14-16-27)23(28)12-11-20-7-6-10-22(17-20)31-21-8-4-3-5-9-21/h3-12,17H,13-16H2,1-2H3. The number of benzene rings is 2. The number of aryl methyl sites for hydroxylation is 2. The number of rotatable bonds is 6. The van der Waals surface area contributed by atoms with Crippen molar-refractivity contribution >= 4 is 22.0 Å². The van der Waals surface area contributed by atoms with Crippen molar-refractivity contribution in [3.05, 3.63) is 77.7 Å².